The lowest BCUT2D eigenvalue weighted by atomic mass is 9.93. The van der Waals surface area contributed by atoms with Gasteiger partial charge < -0.3 is 19.3 Å². The van der Waals surface area contributed by atoms with Crippen molar-refractivity contribution in [2.24, 2.45) is 4.99 Å². The highest BCUT2D eigenvalue weighted by atomic mass is 35.5. The third kappa shape index (κ3) is 5.14. The number of hydrogen-bond donors (Lipinski definition) is 1. The number of aromatic nitrogens is 1. The zero-order valence-corrected chi connectivity index (χ0v) is 22.5. The number of carbonyl (C=O) groups is 1. The fourth-order valence-corrected chi connectivity index (χ4v) is 5.47. The molecule has 1 atom stereocenters. The molecule has 0 saturated heterocycles. The number of thiazole rings is 1. The zero-order chi connectivity index (χ0) is 26.7. The van der Waals surface area contributed by atoms with Gasteiger partial charge in [-0.3, -0.25) is 9.36 Å². The van der Waals surface area contributed by atoms with Crippen molar-refractivity contribution in [3.8, 4) is 17.2 Å². The van der Waals surface area contributed by atoms with Crippen molar-refractivity contribution in [1.82, 2.24) is 4.57 Å². The minimum atomic E-state index is -0.845. The average Bonchev–Trinajstić information content (AvgIpc) is 3.19. The first-order chi connectivity index (χ1) is 17.8. The summed E-state index contributed by atoms with van der Waals surface area (Å²) in [6.45, 7) is 3.90. The molecule has 2 aromatic carbocycles. The number of carbonyl (C=O) groups excluding carboxylic acids is 1. The Morgan fingerprint density at radius 2 is 1.92 bits per heavy atom. The Morgan fingerprint density at radius 1 is 1.16 bits per heavy atom. The van der Waals surface area contributed by atoms with E-state index in [9.17, 15) is 14.7 Å². The van der Waals surface area contributed by atoms with Gasteiger partial charge in [-0.2, -0.15) is 0 Å². The topological polar surface area (TPSA) is 99.4 Å². The lowest BCUT2D eigenvalue weighted by Gasteiger charge is -2.27. The molecule has 8 nitrogen and oxygen atoms in total. The normalized spacial score (nSPS) is 15.3. The molecule has 0 bridgehead atoms. The van der Waals surface area contributed by atoms with Gasteiger partial charge in [0.1, 0.15) is 11.8 Å². The van der Waals surface area contributed by atoms with Crippen molar-refractivity contribution in [3.05, 3.63) is 83.5 Å². The van der Waals surface area contributed by atoms with Crippen LogP contribution in [0.5, 0.6) is 17.2 Å². The van der Waals surface area contributed by atoms with Crippen molar-refractivity contribution in [2.45, 2.75) is 32.7 Å². The number of phenols is 1. The van der Waals surface area contributed by atoms with Crippen molar-refractivity contribution in [3.63, 3.8) is 0 Å². The molecule has 0 radical (unpaired) electrons. The van der Waals surface area contributed by atoms with Crippen LogP contribution in [0, 0.1) is 0 Å². The minimum Gasteiger partial charge on any atom is -0.504 e. The molecule has 0 unspecified atom stereocenters. The van der Waals surface area contributed by atoms with E-state index >= 15 is 0 Å². The highest BCUT2D eigenvalue weighted by molar-refractivity contribution is 7.07. The van der Waals surface area contributed by atoms with Gasteiger partial charge in [-0.05, 0) is 55.3 Å². The Labute approximate surface area is 222 Å². The third-order valence-corrected chi connectivity index (χ3v) is 7.10. The highest BCUT2D eigenvalue weighted by Crippen LogP contribution is 2.38. The number of hydrogen-bond acceptors (Lipinski definition) is 8. The predicted octanol–water partition coefficient (Wildman–Crippen LogP) is 3.95. The summed E-state index contributed by atoms with van der Waals surface area (Å²) in [5.41, 5.74) is 1.73. The molecule has 3 aromatic rings. The van der Waals surface area contributed by atoms with Crippen LogP contribution in [0.15, 0.2) is 57.5 Å². The Balaban J connectivity index is 2.04. The van der Waals surface area contributed by atoms with E-state index in [0.717, 1.165) is 6.42 Å². The Kier molecular flexibility index (Phi) is 8.04. The molecule has 2 heterocycles. The third-order valence-electron chi connectivity index (χ3n) is 5.88. The van der Waals surface area contributed by atoms with E-state index in [1.165, 1.54) is 36.2 Å². The molecule has 0 saturated carbocycles. The first kappa shape index (κ1) is 26.5. The summed E-state index contributed by atoms with van der Waals surface area (Å²) < 4.78 is 18.1. The molecule has 0 aliphatic carbocycles. The van der Waals surface area contributed by atoms with Crippen LogP contribution in [0.4, 0.5) is 0 Å². The van der Waals surface area contributed by atoms with Crippen molar-refractivity contribution in [2.75, 3.05) is 20.8 Å². The van der Waals surface area contributed by atoms with E-state index in [1.54, 1.807) is 43.3 Å². The molecule has 37 heavy (non-hydrogen) atoms. The van der Waals surface area contributed by atoms with Crippen LogP contribution >= 0.6 is 22.9 Å². The number of benzene rings is 2. The summed E-state index contributed by atoms with van der Waals surface area (Å²) in [5.74, 6) is 0.224. The first-order valence-corrected chi connectivity index (χ1v) is 12.9. The number of nitrogens with zero attached hydrogens (tertiary/aromatic N) is 2. The van der Waals surface area contributed by atoms with Crippen molar-refractivity contribution < 1.29 is 24.1 Å². The first-order valence-electron chi connectivity index (χ1n) is 11.7. The Bertz CT molecular complexity index is 1560. The lowest BCUT2D eigenvalue weighted by Crippen LogP contribution is -2.40. The van der Waals surface area contributed by atoms with E-state index in [4.69, 9.17) is 30.8 Å². The van der Waals surface area contributed by atoms with E-state index in [1.807, 2.05) is 6.92 Å². The number of aromatic hydroxyl groups is 1. The van der Waals surface area contributed by atoms with E-state index in [2.05, 4.69) is 0 Å². The van der Waals surface area contributed by atoms with Crippen LogP contribution in [-0.4, -0.2) is 36.5 Å². The molecule has 0 spiro atoms. The molecule has 0 amide bonds. The van der Waals surface area contributed by atoms with Crippen LogP contribution in [0.3, 0.4) is 0 Å². The highest BCUT2D eigenvalue weighted by Gasteiger charge is 2.36. The number of esters is 1. The van der Waals surface area contributed by atoms with Gasteiger partial charge in [-0.15, -0.1) is 0 Å². The maximum Gasteiger partial charge on any atom is 0.338 e. The fourth-order valence-electron chi connectivity index (χ4n) is 4.27. The summed E-state index contributed by atoms with van der Waals surface area (Å²) in [6.07, 6.45) is 2.96. The quantitative estimate of drug-likeness (QED) is 0.433. The summed E-state index contributed by atoms with van der Waals surface area (Å²) in [5, 5.41) is 10.4. The number of halogens is 1. The summed E-state index contributed by atoms with van der Waals surface area (Å²) >= 11 is 7.58. The molecule has 194 valence electrons. The second-order valence-electron chi connectivity index (χ2n) is 8.23. The Morgan fingerprint density at radius 3 is 2.59 bits per heavy atom. The number of fused-ring (bicyclic) bond motifs is 1. The van der Waals surface area contributed by atoms with Crippen molar-refractivity contribution in [1.29, 1.82) is 0 Å². The van der Waals surface area contributed by atoms with Crippen LogP contribution in [-0.2, 0) is 9.53 Å². The predicted molar refractivity (Wildman–Crippen MR) is 142 cm³/mol. The molecule has 0 fully saturated rings. The van der Waals surface area contributed by atoms with E-state index in [0.29, 0.717) is 43.4 Å². The summed E-state index contributed by atoms with van der Waals surface area (Å²) in [7, 11) is 2.98. The minimum absolute atomic E-state index is 0.00236. The largest absolute Gasteiger partial charge is 0.504 e. The monoisotopic (exact) mass is 542 g/mol. The fraction of sp³-hybridized carbons (Fsp3) is 0.296. The van der Waals surface area contributed by atoms with Gasteiger partial charge in [-0.25, -0.2) is 9.79 Å². The SMILES string of the molecule is CCCC1=C(C(=O)OCC)[C@H](c2cc(Cl)ccc2OC)n2c(s/c(=C/c3ccc(O)c(OC)c3)c2=O)=N1. The van der Waals surface area contributed by atoms with E-state index < -0.39 is 12.0 Å². The molecule has 1 aromatic heterocycles. The molecular formula is C27H27ClN2O6S. The molecule has 1 aliphatic heterocycles. The number of allylic oxidation sites excluding steroid dienone is 1. The molecule has 1 aliphatic rings. The molecule has 1 N–H and O–H groups in total. The smallest absolute Gasteiger partial charge is 0.338 e. The maximum absolute atomic E-state index is 13.9. The lowest BCUT2D eigenvalue weighted by molar-refractivity contribution is -0.139. The van der Waals surface area contributed by atoms with E-state index in [-0.39, 0.29) is 29.2 Å². The summed E-state index contributed by atoms with van der Waals surface area (Å²) in [4.78, 5) is 32.3. The number of methoxy groups -OCH3 is 2. The molecular weight excluding hydrogens is 516 g/mol. The maximum atomic E-state index is 13.9. The standard InChI is InChI=1S/C27H27ClN2O6S/c1-5-7-18-23(26(33)36-6-2)24(17-14-16(28)9-11-20(17)34-3)30-25(32)22(37-27(30)29-18)13-15-8-10-19(31)21(12-15)35-4/h8-14,24,31H,5-7H2,1-4H3/b22-13+/t24-/m0/s1. The van der Waals surface area contributed by atoms with Gasteiger partial charge in [0.05, 0.1) is 36.6 Å². The number of phenolic OH excluding ortho intramolecular Hbond substituents is 1. The van der Waals surface area contributed by atoms with Gasteiger partial charge in [0.25, 0.3) is 5.56 Å². The zero-order valence-electron chi connectivity index (χ0n) is 20.9. The summed E-state index contributed by atoms with van der Waals surface area (Å²) in [6, 6.07) is 9.06. The van der Waals surface area contributed by atoms with Crippen LogP contribution in [0.2, 0.25) is 5.02 Å². The number of rotatable bonds is 8. The van der Waals surface area contributed by atoms with Gasteiger partial charge >= 0.3 is 5.97 Å². The van der Waals surface area contributed by atoms with Crippen LogP contribution < -0.4 is 24.4 Å². The van der Waals surface area contributed by atoms with Gasteiger partial charge in [0.2, 0.25) is 0 Å². The molecule has 10 heteroatoms. The van der Waals surface area contributed by atoms with Crippen molar-refractivity contribution >= 4 is 35.0 Å². The number of ether oxygens (including phenoxy) is 3. The van der Waals surface area contributed by atoms with Crippen LogP contribution in [0.1, 0.15) is 43.9 Å². The van der Waals surface area contributed by atoms with Gasteiger partial charge in [0, 0.05) is 10.6 Å². The van der Waals surface area contributed by atoms with Crippen LogP contribution in [0.25, 0.3) is 6.08 Å². The molecule has 4 rings (SSSR count). The van der Waals surface area contributed by atoms with Gasteiger partial charge in [-0.1, -0.05) is 42.3 Å². The average molecular weight is 543 g/mol. The van der Waals surface area contributed by atoms with Gasteiger partial charge in [0.15, 0.2) is 16.3 Å². The second-order valence-corrected chi connectivity index (χ2v) is 9.68. The second kappa shape index (κ2) is 11.2. The Hall–Kier alpha value is -3.56.